The van der Waals surface area contributed by atoms with Gasteiger partial charge in [0, 0.05) is 6.54 Å². The first-order chi connectivity index (χ1) is 6.07. The summed E-state index contributed by atoms with van der Waals surface area (Å²) in [5.74, 6) is -0.971. The molecule has 92 valence electrons. The van der Waals surface area contributed by atoms with Gasteiger partial charge in [0.1, 0.15) is 6.04 Å². The van der Waals surface area contributed by atoms with E-state index in [4.69, 9.17) is 16.6 Å². The summed E-state index contributed by atoms with van der Waals surface area (Å²) < 4.78 is 0. The van der Waals surface area contributed by atoms with Crippen LogP contribution in [-0.4, -0.2) is 35.1 Å². The maximum Gasteiger partial charge on any atom is 0.320 e. The number of amidine groups is 1. The Morgan fingerprint density at radius 3 is 2.47 bits per heavy atom. The largest absolute Gasteiger partial charge is 1.00 e. The van der Waals surface area contributed by atoms with Crippen LogP contribution in [0.5, 0.6) is 0 Å². The van der Waals surface area contributed by atoms with E-state index in [1.807, 2.05) is 6.26 Å². The van der Waals surface area contributed by atoms with Crippen molar-refractivity contribution in [1.82, 2.24) is 0 Å². The Kier molecular flexibility index (Phi) is 16.1. The molecule has 0 unspecified atom stereocenters. The summed E-state index contributed by atoms with van der Waals surface area (Å²) >= 11 is 1.37. The fourth-order valence-corrected chi connectivity index (χ4v) is 0.909. The van der Waals surface area contributed by atoms with Gasteiger partial charge in [-0.25, -0.2) is 0 Å². The molecule has 0 saturated heterocycles. The third-order valence-corrected chi connectivity index (χ3v) is 2.01. The number of carboxylic acids is 1. The standard InChI is InChI=1S/C7H15N3O2S.2ClH/c1-13-7(9)10-4-2-3-5(8)6(11)12;;/h5H,2-4,8H2,1H3,(H2,9,10)(H,11,12);2*1H/p-2/t5-;;/m0../s1. The Morgan fingerprint density at radius 1 is 1.53 bits per heavy atom. The second-order valence-electron chi connectivity index (χ2n) is 2.51. The van der Waals surface area contributed by atoms with Crippen LogP contribution in [0.3, 0.4) is 0 Å². The predicted molar refractivity (Wildman–Crippen MR) is 54.8 cm³/mol. The second-order valence-corrected chi connectivity index (χ2v) is 3.34. The highest BCUT2D eigenvalue weighted by molar-refractivity contribution is 8.13. The van der Waals surface area contributed by atoms with Gasteiger partial charge < -0.3 is 41.4 Å². The molecule has 0 aliphatic carbocycles. The molecular formula is C7H15Cl2N3O2S-2. The number of halogens is 2. The smallest absolute Gasteiger partial charge is 0.320 e. The van der Waals surface area contributed by atoms with Gasteiger partial charge in [0.25, 0.3) is 0 Å². The first-order valence-corrected chi connectivity index (χ1v) is 5.12. The van der Waals surface area contributed by atoms with Gasteiger partial charge in [-0.2, -0.15) is 0 Å². The molecule has 1 atom stereocenters. The molecule has 5 N–H and O–H groups in total. The Hall–Kier alpha value is -0.170. The van der Waals surface area contributed by atoms with Crippen molar-refractivity contribution in [2.75, 3.05) is 12.8 Å². The number of carbonyl (C=O) groups is 1. The van der Waals surface area contributed by atoms with Crippen LogP contribution in [0.2, 0.25) is 0 Å². The minimum Gasteiger partial charge on any atom is -1.00 e. The summed E-state index contributed by atoms with van der Waals surface area (Å²) in [6, 6.07) is -0.786. The summed E-state index contributed by atoms with van der Waals surface area (Å²) in [7, 11) is 0. The normalized spacial score (nSPS) is 12.3. The van der Waals surface area contributed by atoms with Crippen molar-refractivity contribution < 1.29 is 34.7 Å². The van der Waals surface area contributed by atoms with Crippen molar-refractivity contribution in [3.63, 3.8) is 0 Å². The maximum absolute atomic E-state index is 10.3. The van der Waals surface area contributed by atoms with Crippen LogP contribution in [0.25, 0.3) is 0 Å². The first-order valence-electron chi connectivity index (χ1n) is 3.90. The topological polar surface area (TPSA) is 102 Å². The minimum absolute atomic E-state index is 0. The zero-order valence-electron chi connectivity index (χ0n) is 8.32. The maximum atomic E-state index is 10.3. The molecule has 0 rings (SSSR count). The highest BCUT2D eigenvalue weighted by Gasteiger charge is 2.09. The molecule has 0 saturated carbocycles. The Bertz CT molecular complexity index is 205. The van der Waals surface area contributed by atoms with Crippen molar-refractivity contribution in [3.05, 3.63) is 0 Å². The van der Waals surface area contributed by atoms with E-state index in [9.17, 15) is 4.79 Å². The quantitative estimate of drug-likeness (QED) is 0.263. The van der Waals surface area contributed by atoms with Crippen LogP contribution in [0.4, 0.5) is 0 Å². The van der Waals surface area contributed by atoms with E-state index in [0.717, 1.165) is 0 Å². The van der Waals surface area contributed by atoms with Gasteiger partial charge in [-0.15, -0.1) is 0 Å². The Balaban J connectivity index is -0.000000720. The SMILES string of the molecule is CSC(N)=NCCC[C@H](N)C(=O)O.[Cl-].[Cl-]. The Labute approximate surface area is 106 Å². The molecule has 0 aliphatic rings. The van der Waals surface area contributed by atoms with Gasteiger partial charge in [0.15, 0.2) is 5.17 Å². The van der Waals surface area contributed by atoms with Crippen molar-refractivity contribution >= 4 is 22.9 Å². The molecule has 15 heavy (non-hydrogen) atoms. The summed E-state index contributed by atoms with van der Waals surface area (Å²) in [5.41, 5.74) is 10.7. The number of hydrogen-bond acceptors (Lipinski definition) is 4. The lowest BCUT2D eigenvalue weighted by Gasteiger charge is -2.03. The van der Waals surface area contributed by atoms with Crippen LogP contribution in [-0.2, 0) is 4.79 Å². The lowest BCUT2D eigenvalue weighted by atomic mass is 10.2. The number of carboxylic acid groups (broad SMARTS) is 1. The van der Waals surface area contributed by atoms with E-state index in [0.29, 0.717) is 24.6 Å². The number of thioether (sulfide) groups is 1. The van der Waals surface area contributed by atoms with E-state index in [-0.39, 0.29) is 24.8 Å². The molecule has 0 fully saturated rings. The van der Waals surface area contributed by atoms with Crippen LogP contribution in [0.15, 0.2) is 4.99 Å². The molecule has 8 heteroatoms. The first kappa shape index (κ1) is 20.3. The van der Waals surface area contributed by atoms with Gasteiger partial charge in [0.2, 0.25) is 0 Å². The summed E-state index contributed by atoms with van der Waals surface area (Å²) in [4.78, 5) is 14.3. The molecule has 0 heterocycles. The van der Waals surface area contributed by atoms with Crippen molar-refractivity contribution in [2.45, 2.75) is 18.9 Å². The average molecular weight is 276 g/mol. The monoisotopic (exact) mass is 275 g/mol. The third-order valence-electron chi connectivity index (χ3n) is 1.47. The molecule has 5 nitrogen and oxygen atoms in total. The molecule has 0 spiro atoms. The molecule has 0 radical (unpaired) electrons. The fourth-order valence-electron chi connectivity index (χ4n) is 0.688. The zero-order chi connectivity index (χ0) is 10.3. The molecule has 0 amide bonds. The van der Waals surface area contributed by atoms with Crippen LogP contribution in [0, 0.1) is 0 Å². The molecule has 0 aromatic rings. The Morgan fingerprint density at radius 2 is 2.07 bits per heavy atom. The van der Waals surface area contributed by atoms with Crippen LogP contribution in [0.1, 0.15) is 12.8 Å². The molecular weight excluding hydrogens is 261 g/mol. The van der Waals surface area contributed by atoms with Gasteiger partial charge in [-0.05, 0) is 19.1 Å². The second kappa shape index (κ2) is 11.9. The van der Waals surface area contributed by atoms with Gasteiger partial charge >= 0.3 is 5.97 Å². The van der Waals surface area contributed by atoms with Crippen molar-refractivity contribution in [2.24, 2.45) is 16.5 Å². The van der Waals surface area contributed by atoms with Gasteiger partial charge in [-0.1, -0.05) is 11.8 Å². The van der Waals surface area contributed by atoms with E-state index < -0.39 is 12.0 Å². The number of aliphatic carboxylic acids is 1. The summed E-state index contributed by atoms with van der Waals surface area (Å²) in [5, 5.41) is 8.96. The third kappa shape index (κ3) is 11.8. The average Bonchev–Trinajstić information content (AvgIpc) is 2.11. The molecule has 0 aromatic heterocycles. The van der Waals surface area contributed by atoms with Crippen LogP contribution >= 0.6 is 11.8 Å². The fraction of sp³-hybridized carbons (Fsp3) is 0.714. The van der Waals surface area contributed by atoms with Crippen molar-refractivity contribution in [3.8, 4) is 0 Å². The molecule has 0 aromatic carbocycles. The zero-order valence-corrected chi connectivity index (χ0v) is 10.6. The number of aliphatic imine (C=N–C) groups is 1. The number of hydrogen-bond donors (Lipinski definition) is 3. The van der Waals surface area contributed by atoms with E-state index in [1.54, 1.807) is 0 Å². The van der Waals surface area contributed by atoms with E-state index >= 15 is 0 Å². The predicted octanol–water partition coefficient (Wildman–Crippen LogP) is -6.14. The molecule has 0 aliphatic heterocycles. The van der Waals surface area contributed by atoms with Crippen LogP contribution < -0.4 is 36.3 Å². The minimum atomic E-state index is -0.971. The summed E-state index contributed by atoms with van der Waals surface area (Å²) in [6.45, 7) is 0.535. The van der Waals surface area contributed by atoms with E-state index in [1.165, 1.54) is 11.8 Å². The number of rotatable bonds is 5. The summed E-state index contributed by atoms with van der Waals surface area (Å²) in [6.07, 6.45) is 2.91. The van der Waals surface area contributed by atoms with Gasteiger partial charge in [0.05, 0.1) is 0 Å². The number of nitrogens with zero attached hydrogens (tertiary/aromatic N) is 1. The van der Waals surface area contributed by atoms with Gasteiger partial charge in [-0.3, -0.25) is 9.79 Å². The van der Waals surface area contributed by atoms with Crippen molar-refractivity contribution in [1.29, 1.82) is 0 Å². The molecule has 0 bridgehead atoms. The number of nitrogens with two attached hydrogens (primary N) is 2. The lowest BCUT2D eigenvalue weighted by Crippen LogP contribution is -3.00. The highest BCUT2D eigenvalue weighted by atomic mass is 35.5. The highest BCUT2D eigenvalue weighted by Crippen LogP contribution is 1.97. The lowest BCUT2D eigenvalue weighted by molar-refractivity contribution is -0.138. The van der Waals surface area contributed by atoms with E-state index in [2.05, 4.69) is 4.99 Å².